The van der Waals surface area contributed by atoms with Gasteiger partial charge < -0.3 is 10.1 Å². The summed E-state index contributed by atoms with van der Waals surface area (Å²) in [5.74, 6) is -0.781. The van der Waals surface area contributed by atoms with Gasteiger partial charge in [-0.15, -0.1) is 0 Å². The maximum atomic E-state index is 12.4. The number of nitrogens with one attached hydrogen (secondary N) is 1. The van der Waals surface area contributed by atoms with Crippen LogP contribution >= 0.6 is 0 Å². The van der Waals surface area contributed by atoms with Crippen molar-refractivity contribution in [3.8, 4) is 0 Å². The second-order valence-corrected chi connectivity index (χ2v) is 7.40. The molecule has 0 spiro atoms. The quantitative estimate of drug-likeness (QED) is 0.562. The highest BCUT2D eigenvalue weighted by atomic mass is 16.5. The van der Waals surface area contributed by atoms with E-state index < -0.39 is 0 Å². The molecule has 6 nitrogen and oxygen atoms in total. The minimum atomic E-state index is -0.316. The second-order valence-electron chi connectivity index (χ2n) is 7.40. The minimum absolute atomic E-state index is 0.107. The summed E-state index contributed by atoms with van der Waals surface area (Å²) in [6.07, 6.45) is 7.37. The lowest BCUT2D eigenvalue weighted by molar-refractivity contribution is -0.121. The molecule has 0 radical (unpaired) electrons. The predicted octanol–water partition coefficient (Wildman–Crippen LogP) is 2.84. The number of ether oxygens (including phenoxy) is 1. The van der Waals surface area contributed by atoms with Gasteiger partial charge in [0.2, 0.25) is 5.91 Å². The van der Waals surface area contributed by atoms with E-state index in [1.54, 1.807) is 12.1 Å². The van der Waals surface area contributed by atoms with Crippen LogP contribution in [0, 0.1) is 6.92 Å². The van der Waals surface area contributed by atoms with Crippen molar-refractivity contribution in [2.24, 2.45) is 0 Å². The summed E-state index contributed by atoms with van der Waals surface area (Å²) in [6, 6.07) is 5.22. The molecular formula is C21H28N2O4. The molecule has 3 amide bonds. The average molecular weight is 372 g/mol. The molecule has 3 rings (SSSR count). The molecule has 1 aromatic rings. The van der Waals surface area contributed by atoms with Crippen LogP contribution in [0.1, 0.15) is 71.2 Å². The number of benzene rings is 1. The zero-order chi connectivity index (χ0) is 19.2. The normalized spacial score (nSPS) is 17.3. The highest BCUT2D eigenvalue weighted by molar-refractivity contribution is 6.21. The zero-order valence-corrected chi connectivity index (χ0v) is 16.0. The minimum Gasteiger partial charge on any atom is -0.378 e. The first kappa shape index (κ1) is 19.5. The maximum absolute atomic E-state index is 12.4. The number of fused-ring (bicyclic) bond motifs is 1. The highest BCUT2D eigenvalue weighted by Gasteiger charge is 2.35. The van der Waals surface area contributed by atoms with Crippen LogP contribution in [0.4, 0.5) is 0 Å². The first-order valence-corrected chi connectivity index (χ1v) is 9.91. The van der Waals surface area contributed by atoms with Crippen molar-refractivity contribution < 1.29 is 19.1 Å². The van der Waals surface area contributed by atoms with Crippen LogP contribution in [-0.4, -0.2) is 48.4 Å². The number of aryl methyl sites for hydroxylation is 1. The number of hydrogen-bond donors (Lipinski definition) is 1. The van der Waals surface area contributed by atoms with E-state index in [1.165, 1.54) is 19.3 Å². The third-order valence-corrected chi connectivity index (χ3v) is 5.24. The van der Waals surface area contributed by atoms with E-state index in [9.17, 15) is 14.4 Å². The van der Waals surface area contributed by atoms with Gasteiger partial charge in [0.25, 0.3) is 11.8 Å². The van der Waals surface area contributed by atoms with Crippen molar-refractivity contribution in [1.29, 1.82) is 0 Å². The predicted molar refractivity (Wildman–Crippen MR) is 102 cm³/mol. The van der Waals surface area contributed by atoms with Crippen LogP contribution in [0.2, 0.25) is 0 Å². The van der Waals surface area contributed by atoms with Gasteiger partial charge in [0.1, 0.15) is 0 Å². The van der Waals surface area contributed by atoms with E-state index in [0.29, 0.717) is 30.4 Å². The first-order valence-electron chi connectivity index (χ1n) is 9.91. The van der Waals surface area contributed by atoms with Crippen molar-refractivity contribution in [3.05, 3.63) is 34.9 Å². The Balaban J connectivity index is 1.35. The van der Waals surface area contributed by atoms with Gasteiger partial charge in [-0.05, 0) is 38.3 Å². The Labute approximate surface area is 160 Å². The first-order chi connectivity index (χ1) is 13.1. The fraction of sp³-hybridized carbons (Fsp3) is 0.571. The summed E-state index contributed by atoms with van der Waals surface area (Å²) >= 11 is 0. The summed E-state index contributed by atoms with van der Waals surface area (Å²) in [5.41, 5.74) is 1.79. The van der Waals surface area contributed by atoms with E-state index in [1.807, 2.05) is 13.0 Å². The largest absolute Gasteiger partial charge is 0.378 e. The molecule has 146 valence electrons. The third-order valence-electron chi connectivity index (χ3n) is 5.24. The fourth-order valence-corrected chi connectivity index (χ4v) is 3.69. The summed E-state index contributed by atoms with van der Waals surface area (Å²) in [5, 5.41) is 2.84. The number of imide groups is 1. The molecule has 0 bridgehead atoms. The summed E-state index contributed by atoms with van der Waals surface area (Å²) in [6.45, 7) is 3.19. The SMILES string of the molecule is Cc1ccc2c(c1)C(=O)N(CCC(=O)NCCCOC1CCCCC1)C2=O. The summed E-state index contributed by atoms with van der Waals surface area (Å²) in [7, 11) is 0. The lowest BCUT2D eigenvalue weighted by atomic mass is 9.98. The highest BCUT2D eigenvalue weighted by Crippen LogP contribution is 2.24. The van der Waals surface area contributed by atoms with Crippen LogP contribution in [-0.2, 0) is 9.53 Å². The molecule has 0 unspecified atom stereocenters. The molecule has 1 saturated carbocycles. The van der Waals surface area contributed by atoms with Gasteiger partial charge in [0.05, 0.1) is 17.2 Å². The third kappa shape index (κ3) is 4.95. The Morgan fingerprint density at radius 1 is 1.15 bits per heavy atom. The van der Waals surface area contributed by atoms with E-state index in [0.717, 1.165) is 29.7 Å². The standard InChI is InChI=1S/C21H28N2O4/c1-15-8-9-17-18(14-15)21(26)23(20(17)25)12-10-19(24)22-11-5-13-27-16-6-3-2-4-7-16/h8-9,14,16H,2-7,10-13H2,1H3,(H,22,24). The number of nitrogens with zero attached hydrogens (tertiary/aromatic N) is 1. The number of carbonyl (C=O) groups excluding carboxylic acids is 3. The smallest absolute Gasteiger partial charge is 0.261 e. The Kier molecular flexibility index (Phi) is 6.61. The fourth-order valence-electron chi connectivity index (χ4n) is 3.69. The van der Waals surface area contributed by atoms with Crippen molar-refractivity contribution in [2.45, 2.75) is 58.0 Å². The van der Waals surface area contributed by atoms with E-state index in [-0.39, 0.29) is 30.7 Å². The summed E-state index contributed by atoms with van der Waals surface area (Å²) < 4.78 is 5.83. The van der Waals surface area contributed by atoms with Crippen LogP contribution in [0.5, 0.6) is 0 Å². The number of amides is 3. The second kappa shape index (κ2) is 9.13. The monoisotopic (exact) mass is 372 g/mol. The molecule has 0 saturated heterocycles. The van der Waals surface area contributed by atoms with E-state index >= 15 is 0 Å². The van der Waals surface area contributed by atoms with Gasteiger partial charge in [0, 0.05) is 26.1 Å². The lowest BCUT2D eigenvalue weighted by Gasteiger charge is -2.21. The molecule has 1 fully saturated rings. The van der Waals surface area contributed by atoms with Crippen molar-refractivity contribution >= 4 is 17.7 Å². The number of rotatable bonds is 8. The average Bonchev–Trinajstić information content (AvgIpc) is 2.90. The molecule has 1 N–H and O–H groups in total. The molecule has 1 heterocycles. The van der Waals surface area contributed by atoms with Crippen LogP contribution < -0.4 is 5.32 Å². The molecule has 1 aliphatic heterocycles. The molecule has 1 aromatic carbocycles. The Hall–Kier alpha value is -2.21. The van der Waals surface area contributed by atoms with E-state index in [4.69, 9.17) is 4.74 Å². The zero-order valence-electron chi connectivity index (χ0n) is 16.0. The van der Waals surface area contributed by atoms with Gasteiger partial charge >= 0.3 is 0 Å². The molecule has 1 aliphatic carbocycles. The molecule has 2 aliphatic rings. The molecule has 0 atom stereocenters. The van der Waals surface area contributed by atoms with Crippen molar-refractivity contribution in [2.75, 3.05) is 19.7 Å². The number of carbonyl (C=O) groups is 3. The van der Waals surface area contributed by atoms with Gasteiger partial charge in [-0.2, -0.15) is 0 Å². The maximum Gasteiger partial charge on any atom is 0.261 e. The Bertz CT molecular complexity index is 710. The molecular weight excluding hydrogens is 344 g/mol. The van der Waals surface area contributed by atoms with Crippen LogP contribution in [0.15, 0.2) is 18.2 Å². The van der Waals surface area contributed by atoms with Gasteiger partial charge in [-0.1, -0.05) is 30.9 Å². The molecule has 0 aromatic heterocycles. The van der Waals surface area contributed by atoms with Gasteiger partial charge in [0.15, 0.2) is 0 Å². The molecule has 27 heavy (non-hydrogen) atoms. The lowest BCUT2D eigenvalue weighted by Crippen LogP contribution is -2.35. The van der Waals surface area contributed by atoms with Crippen molar-refractivity contribution in [3.63, 3.8) is 0 Å². The van der Waals surface area contributed by atoms with Crippen LogP contribution in [0.3, 0.4) is 0 Å². The topological polar surface area (TPSA) is 75.7 Å². The van der Waals surface area contributed by atoms with Crippen molar-refractivity contribution in [1.82, 2.24) is 10.2 Å². The van der Waals surface area contributed by atoms with E-state index in [2.05, 4.69) is 5.32 Å². The van der Waals surface area contributed by atoms with Gasteiger partial charge in [-0.3, -0.25) is 19.3 Å². The number of hydrogen-bond acceptors (Lipinski definition) is 4. The summed E-state index contributed by atoms with van der Waals surface area (Å²) in [4.78, 5) is 37.9. The van der Waals surface area contributed by atoms with Gasteiger partial charge in [-0.25, -0.2) is 0 Å². The Morgan fingerprint density at radius 2 is 1.89 bits per heavy atom. The molecule has 6 heteroatoms. The van der Waals surface area contributed by atoms with Crippen LogP contribution in [0.25, 0.3) is 0 Å². The Morgan fingerprint density at radius 3 is 2.67 bits per heavy atom.